The summed E-state index contributed by atoms with van der Waals surface area (Å²) in [5.74, 6) is -3.36. The molecule has 140 valence electrons. The first-order chi connectivity index (χ1) is 11.9. The number of benzene rings is 2. The van der Waals surface area contributed by atoms with E-state index in [1.165, 1.54) is 12.1 Å². The van der Waals surface area contributed by atoms with Crippen molar-refractivity contribution in [3.63, 3.8) is 0 Å². The Morgan fingerprint density at radius 2 is 1.69 bits per heavy atom. The highest BCUT2D eigenvalue weighted by Gasteiger charge is 2.46. The molecule has 1 aliphatic rings. The Morgan fingerprint density at radius 1 is 1.04 bits per heavy atom. The Labute approximate surface area is 144 Å². The van der Waals surface area contributed by atoms with Gasteiger partial charge in [0.1, 0.15) is 5.82 Å². The first-order valence-electron chi connectivity index (χ1n) is 7.05. The predicted molar refractivity (Wildman–Crippen MR) is 82.3 cm³/mol. The lowest BCUT2D eigenvalue weighted by Crippen LogP contribution is -2.35. The molecule has 0 saturated heterocycles. The second-order valence-corrected chi connectivity index (χ2v) is 7.33. The van der Waals surface area contributed by atoms with Crippen molar-refractivity contribution in [3.8, 4) is 0 Å². The fourth-order valence-electron chi connectivity index (χ4n) is 2.63. The van der Waals surface area contributed by atoms with Crippen molar-refractivity contribution in [2.24, 2.45) is 0 Å². The Balaban J connectivity index is 2.33. The zero-order chi connectivity index (χ0) is 19.3. The van der Waals surface area contributed by atoms with Gasteiger partial charge in [0.05, 0.1) is 22.6 Å². The number of rotatable bonds is 2. The summed E-state index contributed by atoms with van der Waals surface area (Å²) in [6.45, 7) is 0. The van der Waals surface area contributed by atoms with Gasteiger partial charge < -0.3 is 5.32 Å². The van der Waals surface area contributed by atoms with Gasteiger partial charge in [-0.25, -0.2) is 17.1 Å². The number of alkyl halides is 5. The summed E-state index contributed by atoms with van der Waals surface area (Å²) < 4.78 is 106. The number of halogens is 6. The van der Waals surface area contributed by atoms with Crippen LogP contribution < -0.4 is 9.62 Å². The van der Waals surface area contributed by atoms with Crippen LogP contribution in [0.15, 0.2) is 42.5 Å². The van der Waals surface area contributed by atoms with Crippen molar-refractivity contribution in [2.45, 2.75) is 12.2 Å². The van der Waals surface area contributed by atoms with E-state index in [0.29, 0.717) is 18.2 Å². The van der Waals surface area contributed by atoms with Crippen LogP contribution in [0.25, 0.3) is 0 Å². The van der Waals surface area contributed by atoms with Crippen molar-refractivity contribution in [1.82, 2.24) is 0 Å². The Hall–Kier alpha value is -2.43. The van der Waals surface area contributed by atoms with E-state index >= 15 is 0 Å². The molecule has 11 heteroatoms. The van der Waals surface area contributed by atoms with E-state index in [1.54, 1.807) is 5.32 Å². The van der Waals surface area contributed by atoms with E-state index < -0.39 is 56.4 Å². The zero-order valence-electron chi connectivity index (χ0n) is 12.7. The fourth-order valence-corrected chi connectivity index (χ4v) is 4.09. The molecule has 2 aromatic rings. The van der Waals surface area contributed by atoms with Gasteiger partial charge in [-0.2, -0.15) is 22.0 Å². The summed E-state index contributed by atoms with van der Waals surface area (Å²) in [6, 6.07) is 2.60. The van der Waals surface area contributed by atoms with Crippen molar-refractivity contribution in [2.75, 3.05) is 15.4 Å². The van der Waals surface area contributed by atoms with Gasteiger partial charge in [-0.1, -0.05) is 12.1 Å². The minimum Gasteiger partial charge on any atom is -0.321 e. The Morgan fingerprint density at radius 3 is 2.35 bits per heavy atom. The maximum atomic E-state index is 14.5. The average Bonchev–Trinajstić information content (AvgIpc) is 2.56. The van der Waals surface area contributed by atoms with Crippen LogP contribution in [0, 0.1) is 5.82 Å². The fraction of sp³-hybridized carbons (Fsp3) is 0.200. The van der Waals surface area contributed by atoms with E-state index in [9.17, 15) is 34.8 Å². The van der Waals surface area contributed by atoms with Crippen molar-refractivity contribution in [1.29, 1.82) is 0 Å². The topological polar surface area (TPSA) is 49.4 Å². The van der Waals surface area contributed by atoms with Crippen LogP contribution in [0.2, 0.25) is 0 Å². The smallest absolute Gasteiger partial charge is 0.321 e. The van der Waals surface area contributed by atoms with Gasteiger partial charge >= 0.3 is 12.2 Å². The van der Waals surface area contributed by atoms with Crippen LogP contribution >= 0.6 is 0 Å². The summed E-state index contributed by atoms with van der Waals surface area (Å²) in [6.07, 6.45) is -5.10. The van der Waals surface area contributed by atoms with Crippen molar-refractivity contribution < 1.29 is 34.8 Å². The molecule has 0 unspecified atom stereocenters. The largest absolute Gasteiger partial charge is 0.404 e. The highest BCUT2D eigenvalue weighted by molar-refractivity contribution is 7.93. The number of para-hydroxylation sites is 2. The van der Waals surface area contributed by atoms with Gasteiger partial charge in [0.25, 0.3) is 0 Å². The van der Waals surface area contributed by atoms with Crippen molar-refractivity contribution in [3.05, 3.63) is 53.8 Å². The first-order valence-corrected chi connectivity index (χ1v) is 8.66. The lowest BCUT2D eigenvalue weighted by atomic mass is 10.1. The number of fused-ring (bicyclic) bond motifs is 2. The summed E-state index contributed by atoms with van der Waals surface area (Å²) >= 11 is 0. The van der Waals surface area contributed by atoms with Crippen LogP contribution in [-0.2, 0) is 16.1 Å². The van der Waals surface area contributed by atoms with Crippen LogP contribution in [-0.4, -0.2) is 20.3 Å². The molecule has 3 rings (SSSR count). The van der Waals surface area contributed by atoms with E-state index in [0.717, 1.165) is 12.1 Å². The zero-order valence-corrected chi connectivity index (χ0v) is 13.5. The molecule has 1 aliphatic heterocycles. The highest BCUT2D eigenvalue weighted by Crippen LogP contribution is 2.47. The Bertz CT molecular complexity index is 959. The molecule has 2 aromatic carbocycles. The first kappa shape index (κ1) is 18.4. The SMILES string of the molecule is O=S(=O)(CC(F)(F)F)N1c2ccccc2NC(F)(F)c2cc(F)ccc21. The standard InChI is InChI=1S/C15H10F6N2O2S/c16-9-5-6-12-10(7-9)15(20,21)22-11-3-1-2-4-13(11)23(12)26(24,25)8-14(17,18)19/h1-7,22H,8H2. The molecule has 0 saturated carbocycles. The summed E-state index contributed by atoms with van der Waals surface area (Å²) in [5.41, 5.74) is -2.71. The number of hydrogen-bond acceptors (Lipinski definition) is 3. The van der Waals surface area contributed by atoms with Crippen LogP contribution in [0.3, 0.4) is 0 Å². The number of sulfonamides is 1. The van der Waals surface area contributed by atoms with Gasteiger partial charge in [0.15, 0.2) is 5.75 Å². The van der Waals surface area contributed by atoms with E-state index in [4.69, 9.17) is 0 Å². The average molecular weight is 396 g/mol. The van der Waals surface area contributed by atoms with Crippen LogP contribution in [0.5, 0.6) is 0 Å². The predicted octanol–water partition coefficient (Wildman–Crippen LogP) is 4.33. The summed E-state index contributed by atoms with van der Waals surface area (Å²) in [4.78, 5) is 0. The lowest BCUT2D eigenvalue weighted by Gasteiger charge is -2.26. The number of nitrogens with one attached hydrogen (secondary N) is 1. The Kier molecular flexibility index (Phi) is 4.09. The van der Waals surface area contributed by atoms with Gasteiger partial charge in [0, 0.05) is 0 Å². The molecule has 0 atom stereocenters. The quantitative estimate of drug-likeness (QED) is 0.607. The minimum atomic E-state index is -5.14. The van der Waals surface area contributed by atoms with Crippen molar-refractivity contribution >= 4 is 27.1 Å². The molecule has 1 heterocycles. The van der Waals surface area contributed by atoms with Gasteiger partial charge in [-0.15, -0.1) is 0 Å². The van der Waals surface area contributed by atoms with Gasteiger partial charge in [0.2, 0.25) is 10.0 Å². The van der Waals surface area contributed by atoms with Crippen LogP contribution in [0.4, 0.5) is 43.4 Å². The third-order valence-electron chi connectivity index (χ3n) is 3.55. The lowest BCUT2D eigenvalue weighted by molar-refractivity contribution is -0.106. The van der Waals surface area contributed by atoms with Crippen LogP contribution in [0.1, 0.15) is 5.56 Å². The molecule has 4 nitrogen and oxygen atoms in total. The maximum Gasteiger partial charge on any atom is 0.404 e. The molecule has 0 aromatic heterocycles. The van der Waals surface area contributed by atoms with E-state index in [-0.39, 0.29) is 4.31 Å². The summed E-state index contributed by atoms with van der Waals surface area (Å²) in [7, 11) is -5.14. The molecule has 0 aliphatic carbocycles. The number of anilines is 3. The molecule has 0 fully saturated rings. The molecular weight excluding hydrogens is 386 g/mol. The third-order valence-corrected chi connectivity index (χ3v) is 5.20. The summed E-state index contributed by atoms with van der Waals surface area (Å²) in [5, 5.41) is 1.76. The molecule has 0 bridgehead atoms. The monoisotopic (exact) mass is 396 g/mol. The van der Waals surface area contributed by atoms with E-state index in [1.807, 2.05) is 0 Å². The molecule has 26 heavy (non-hydrogen) atoms. The third kappa shape index (κ3) is 3.30. The number of nitrogens with zero attached hydrogens (tertiary/aromatic N) is 1. The molecule has 1 N–H and O–H groups in total. The highest BCUT2D eigenvalue weighted by atomic mass is 32.2. The molecule has 0 radical (unpaired) electrons. The second-order valence-electron chi connectivity index (χ2n) is 5.51. The molecular formula is C15H10F6N2O2S. The molecule has 0 spiro atoms. The van der Waals surface area contributed by atoms with Gasteiger partial charge in [-0.05, 0) is 30.3 Å². The van der Waals surface area contributed by atoms with E-state index in [2.05, 4.69) is 0 Å². The molecule has 0 amide bonds. The normalized spacial score (nSPS) is 16.3. The second kappa shape index (κ2) is 5.79. The van der Waals surface area contributed by atoms with Gasteiger partial charge in [-0.3, -0.25) is 0 Å². The number of hydrogen-bond donors (Lipinski definition) is 1. The maximum absolute atomic E-state index is 14.5. The minimum absolute atomic E-state index is 0.165.